The molecule has 0 aromatic heterocycles. The summed E-state index contributed by atoms with van der Waals surface area (Å²) in [6, 6.07) is 21.2. The Balaban J connectivity index is 1.96. The number of carbonyl (C=O) groups excluding carboxylic acids is 1. The molecule has 2 aromatic carbocycles. The Labute approximate surface area is 125 Å². The second kappa shape index (κ2) is 7.25. The lowest BCUT2D eigenvalue weighted by atomic mass is 9.97. The van der Waals surface area contributed by atoms with Gasteiger partial charge in [0, 0.05) is 19.2 Å². The highest BCUT2D eigenvalue weighted by Gasteiger charge is 2.15. The van der Waals surface area contributed by atoms with Gasteiger partial charge in [-0.15, -0.1) is 0 Å². The molecule has 1 atom stereocenters. The summed E-state index contributed by atoms with van der Waals surface area (Å²) in [5.74, 6) is -0.197. The molecule has 0 fully saturated rings. The first-order valence-electron chi connectivity index (χ1n) is 6.97. The second-order valence-electron chi connectivity index (χ2n) is 4.97. The van der Waals surface area contributed by atoms with E-state index >= 15 is 0 Å². The van der Waals surface area contributed by atoms with Crippen LogP contribution in [-0.2, 0) is 0 Å². The predicted molar refractivity (Wildman–Crippen MR) is 82.8 cm³/mol. The molecule has 0 spiro atoms. The van der Waals surface area contributed by atoms with Gasteiger partial charge in [0.25, 0.3) is 5.91 Å². The molecule has 0 aliphatic rings. The van der Waals surface area contributed by atoms with E-state index < -0.39 is 0 Å². The first-order chi connectivity index (χ1) is 10.2. The fourth-order valence-corrected chi connectivity index (χ4v) is 2.22. The molecular weight excluding hydrogens is 260 g/mol. The third kappa shape index (κ3) is 3.93. The van der Waals surface area contributed by atoms with Crippen LogP contribution in [0.3, 0.4) is 0 Å². The van der Waals surface area contributed by atoms with Crippen molar-refractivity contribution in [3.8, 4) is 6.07 Å². The van der Waals surface area contributed by atoms with Crippen LogP contribution in [0.15, 0.2) is 60.7 Å². The van der Waals surface area contributed by atoms with E-state index in [1.807, 2.05) is 48.5 Å². The van der Waals surface area contributed by atoms with E-state index in [4.69, 9.17) is 0 Å². The van der Waals surface area contributed by atoms with Gasteiger partial charge in [0.1, 0.15) is 0 Å². The molecule has 0 saturated carbocycles. The van der Waals surface area contributed by atoms with Crippen molar-refractivity contribution >= 4 is 5.91 Å². The molecule has 0 radical (unpaired) electrons. The Morgan fingerprint density at radius 2 is 1.67 bits per heavy atom. The van der Waals surface area contributed by atoms with Crippen LogP contribution in [0.4, 0.5) is 0 Å². The third-order valence-corrected chi connectivity index (χ3v) is 3.48. The molecule has 0 aliphatic carbocycles. The Kier molecular flexibility index (Phi) is 5.11. The molecule has 3 heteroatoms. The van der Waals surface area contributed by atoms with E-state index in [0.717, 1.165) is 5.56 Å². The molecule has 3 nitrogen and oxygen atoms in total. The molecule has 0 saturated heterocycles. The minimum atomic E-state index is -0.183. The highest BCUT2D eigenvalue weighted by Crippen LogP contribution is 2.19. The van der Waals surface area contributed by atoms with Gasteiger partial charge < -0.3 is 4.90 Å². The van der Waals surface area contributed by atoms with Gasteiger partial charge in [0.2, 0.25) is 0 Å². The summed E-state index contributed by atoms with van der Waals surface area (Å²) in [7, 11) is 1.77. The molecule has 0 aliphatic heterocycles. The van der Waals surface area contributed by atoms with Gasteiger partial charge >= 0.3 is 0 Å². The zero-order valence-electron chi connectivity index (χ0n) is 12.1. The normalized spacial score (nSPS) is 11.4. The van der Waals surface area contributed by atoms with Crippen molar-refractivity contribution in [3.63, 3.8) is 0 Å². The Morgan fingerprint density at radius 3 is 2.24 bits per heavy atom. The topological polar surface area (TPSA) is 44.1 Å². The molecule has 0 unspecified atom stereocenters. The highest BCUT2D eigenvalue weighted by molar-refractivity contribution is 5.93. The van der Waals surface area contributed by atoms with Gasteiger partial charge in [-0.1, -0.05) is 48.5 Å². The molecule has 1 amide bonds. The summed E-state index contributed by atoms with van der Waals surface area (Å²) in [5, 5.41) is 9.29. The summed E-state index contributed by atoms with van der Waals surface area (Å²) >= 11 is 0. The number of nitriles is 1. The molecule has 0 heterocycles. The fraction of sp³-hybridized carbons (Fsp3) is 0.222. The number of carbonyl (C=O) groups is 1. The van der Waals surface area contributed by atoms with Crippen LogP contribution >= 0.6 is 0 Å². The van der Waals surface area contributed by atoms with Crippen molar-refractivity contribution in [2.75, 3.05) is 13.6 Å². The molecule has 2 rings (SSSR count). The fourth-order valence-electron chi connectivity index (χ4n) is 2.22. The van der Waals surface area contributed by atoms with Crippen molar-refractivity contribution in [1.82, 2.24) is 4.90 Å². The van der Waals surface area contributed by atoms with E-state index in [2.05, 4.69) is 6.07 Å². The highest BCUT2D eigenvalue weighted by atomic mass is 16.2. The molecule has 21 heavy (non-hydrogen) atoms. The zero-order chi connectivity index (χ0) is 15.1. The van der Waals surface area contributed by atoms with Crippen LogP contribution in [0.1, 0.15) is 28.3 Å². The first kappa shape index (κ1) is 14.8. The maximum atomic E-state index is 12.2. The monoisotopic (exact) mass is 278 g/mol. The maximum absolute atomic E-state index is 12.2. The second-order valence-corrected chi connectivity index (χ2v) is 4.97. The van der Waals surface area contributed by atoms with Gasteiger partial charge in [-0.3, -0.25) is 4.79 Å². The van der Waals surface area contributed by atoms with Gasteiger partial charge in [0.15, 0.2) is 0 Å². The van der Waals surface area contributed by atoms with E-state index in [0.29, 0.717) is 18.5 Å². The van der Waals surface area contributed by atoms with E-state index in [-0.39, 0.29) is 11.8 Å². The van der Waals surface area contributed by atoms with Crippen LogP contribution in [0.5, 0.6) is 0 Å². The lowest BCUT2D eigenvalue weighted by molar-refractivity contribution is 0.0792. The third-order valence-electron chi connectivity index (χ3n) is 3.48. The van der Waals surface area contributed by atoms with Crippen LogP contribution in [0, 0.1) is 11.3 Å². The largest absolute Gasteiger partial charge is 0.342 e. The zero-order valence-corrected chi connectivity index (χ0v) is 12.1. The number of benzene rings is 2. The molecule has 106 valence electrons. The van der Waals surface area contributed by atoms with Crippen molar-refractivity contribution < 1.29 is 4.79 Å². The number of hydrogen-bond acceptors (Lipinski definition) is 2. The van der Waals surface area contributed by atoms with Gasteiger partial charge in [0.05, 0.1) is 12.0 Å². The van der Waals surface area contributed by atoms with E-state index in [9.17, 15) is 10.1 Å². The van der Waals surface area contributed by atoms with Gasteiger partial charge in [-0.05, 0) is 24.1 Å². The first-order valence-corrected chi connectivity index (χ1v) is 6.97. The van der Waals surface area contributed by atoms with Crippen molar-refractivity contribution in [3.05, 3.63) is 71.8 Å². The van der Waals surface area contributed by atoms with E-state index in [1.165, 1.54) is 0 Å². The maximum Gasteiger partial charge on any atom is 0.253 e. The molecular formula is C18H18N2O. The smallest absolute Gasteiger partial charge is 0.253 e. The van der Waals surface area contributed by atoms with Gasteiger partial charge in [-0.25, -0.2) is 0 Å². The number of amides is 1. The van der Waals surface area contributed by atoms with Crippen molar-refractivity contribution in [2.45, 2.75) is 12.3 Å². The minimum absolute atomic E-state index is 0.0136. The minimum Gasteiger partial charge on any atom is -0.342 e. The lowest BCUT2D eigenvalue weighted by Gasteiger charge is -2.19. The predicted octanol–water partition coefficient (Wildman–Crippen LogP) is 3.46. The molecule has 2 aromatic rings. The molecule has 0 N–H and O–H groups in total. The van der Waals surface area contributed by atoms with Crippen LogP contribution in [0.25, 0.3) is 0 Å². The molecule has 0 bridgehead atoms. The number of hydrogen-bond donors (Lipinski definition) is 0. The number of rotatable bonds is 5. The summed E-state index contributed by atoms with van der Waals surface area (Å²) in [5.41, 5.74) is 1.67. The Hall–Kier alpha value is -2.60. The summed E-state index contributed by atoms with van der Waals surface area (Å²) in [6.45, 7) is 0.556. The average Bonchev–Trinajstić information content (AvgIpc) is 2.56. The Morgan fingerprint density at radius 1 is 1.10 bits per heavy atom. The quantitative estimate of drug-likeness (QED) is 0.840. The van der Waals surface area contributed by atoms with Crippen LogP contribution in [-0.4, -0.2) is 24.4 Å². The summed E-state index contributed by atoms with van der Waals surface area (Å²) in [6.07, 6.45) is 0.635. The van der Waals surface area contributed by atoms with Crippen molar-refractivity contribution in [2.24, 2.45) is 0 Å². The standard InChI is InChI=1S/C18H18N2O/c1-20(18(21)16-10-6-3-7-11-16)13-12-17(14-19)15-8-4-2-5-9-15/h2-11,17H,12-13H2,1H3/t17-/m0/s1. The summed E-state index contributed by atoms with van der Waals surface area (Å²) < 4.78 is 0. The Bertz CT molecular complexity index is 617. The van der Waals surface area contributed by atoms with Gasteiger partial charge in [-0.2, -0.15) is 5.26 Å². The lowest BCUT2D eigenvalue weighted by Crippen LogP contribution is -2.28. The average molecular weight is 278 g/mol. The SMILES string of the molecule is CN(CC[C@@H](C#N)c1ccccc1)C(=O)c1ccccc1. The van der Waals surface area contributed by atoms with E-state index in [1.54, 1.807) is 24.1 Å². The van der Waals surface area contributed by atoms with Crippen molar-refractivity contribution in [1.29, 1.82) is 5.26 Å². The van der Waals surface area contributed by atoms with Crippen LogP contribution in [0.2, 0.25) is 0 Å². The summed E-state index contributed by atoms with van der Waals surface area (Å²) in [4.78, 5) is 13.9. The van der Waals surface area contributed by atoms with Crippen LogP contribution < -0.4 is 0 Å². The number of nitrogens with zero attached hydrogens (tertiary/aromatic N) is 2.